The molecule has 1 aliphatic heterocycles. The van der Waals surface area contributed by atoms with Crippen molar-refractivity contribution in [3.8, 4) is 11.5 Å². The summed E-state index contributed by atoms with van der Waals surface area (Å²) in [7, 11) is 1.99. The summed E-state index contributed by atoms with van der Waals surface area (Å²) in [6.07, 6.45) is 0. The quantitative estimate of drug-likeness (QED) is 0.848. The van der Waals surface area contributed by atoms with Crippen molar-refractivity contribution in [2.45, 2.75) is 25.8 Å². The Hall–Kier alpha value is -1.22. The molecule has 1 aromatic rings. The van der Waals surface area contributed by atoms with E-state index in [1.807, 2.05) is 13.1 Å². The minimum Gasteiger partial charge on any atom is -0.486 e. The van der Waals surface area contributed by atoms with Crippen LogP contribution in [0.4, 0.5) is 0 Å². The molecule has 2 rings (SSSR count). The summed E-state index contributed by atoms with van der Waals surface area (Å²) in [6.45, 7) is 5.69. The molecule has 0 fully saturated rings. The molecule has 3 heteroatoms. The van der Waals surface area contributed by atoms with Crippen LogP contribution in [0.1, 0.15) is 25.3 Å². The topological polar surface area (TPSA) is 30.5 Å². The van der Waals surface area contributed by atoms with E-state index in [0.717, 1.165) is 11.5 Å². The highest BCUT2D eigenvalue weighted by molar-refractivity contribution is 5.44. The van der Waals surface area contributed by atoms with Gasteiger partial charge in [-0.3, -0.25) is 0 Å². The van der Waals surface area contributed by atoms with Gasteiger partial charge in [0.2, 0.25) is 0 Å². The average Bonchev–Trinajstić information content (AvgIpc) is 2.36. The van der Waals surface area contributed by atoms with Crippen LogP contribution in [0, 0.1) is 0 Å². The zero-order valence-corrected chi connectivity index (χ0v) is 10.1. The second-order valence-corrected chi connectivity index (χ2v) is 4.27. The van der Waals surface area contributed by atoms with Crippen molar-refractivity contribution in [3.63, 3.8) is 0 Å². The fraction of sp³-hybridized carbons (Fsp3) is 0.538. The summed E-state index contributed by atoms with van der Waals surface area (Å²) >= 11 is 0. The van der Waals surface area contributed by atoms with Gasteiger partial charge in [-0.2, -0.15) is 0 Å². The molecule has 1 heterocycles. The van der Waals surface area contributed by atoms with E-state index < -0.39 is 0 Å². The molecular formula is C13H19NO2. The Morgan fingerprint density at radius 3 is 2.50 bits per heavy atom. The van der Waals surface area contributed by atoms with Crippen LogP contribution < -0.4 is 14.8 Å². The molecule has 0 radical (unpaired) electrons. The second-order valence-electron chi connectivity index (χ2n) is 4.27. The first kappa shape index (κ1) is 11.3. The molecule has 1 N–H and O–H groups in total. The number of likely N-dealkylation sites (N-methyl/N-ethyl adjacent to an activating group) is 1. The van der Waals surface area contributed by atoms with Crippen molar-refractivity contribution in [3.05, 3.63) is 23.8 Å². The lowest BCUT2D eigenvalue weighted by Crippen LogP contribution is -2.27. The van der Waals surface area contributed by atoms with Crippen LogP contribution in [0.2, 0.25) is 0 Å². The van der Waals surface area contributed by atoms with E-state index in [-0.39, 0.29) is 0 Å². The smallest absolute Gasteiger partial charge is 0.161 e. The molecule has 0 amide bonds. The molecule has 3 nitrogen and oxygen atoms in total. The maximum Gasteiger partial charge on any atom is 0.161 e. The lowest BCUT2D eigenvalue weighted by atomic mass is 9.94. The molecule has 0 aromatic heterocycles. The van der Waals surface area contributed by atoms with Crippen LogP contribution in [0.3, 0.4) is 0 Å². The minimum absolute atomic E-state index is 0.447. The summed E-state index contributed by atoms with van der Waals surface area (Å²) in [5, 5.41) is 3.27. The van der Waals surface area contributed by atoms with Crippen molar-refractivity contribution in [2.75, 3.05) is 20.3 Å². The molecule has 0 bridgehead atoms. The lowest BCUT2D eigenvalue weighted by Gasteiger charge is -2.23. The van der Waals surface area contributed by atoms with E-state index >= 15 is 0 Å². The van der Waals surface area contributed by atoms with Crippen molar-refractivity contribution in [1.82, 2.24) is 5.32 Å². The predicted molar refractivity (Wildman–Crippen MR) is 64.4 cm³/mol. The summed E-state index contributed by atoms with van der Waals surface area (Å²) < 4.78 is 11.1. The highest BCUT2D eigenvalue weighted by atomic mass is 16.6. The van der Waals surface area contributed by atoms with Crippen molar-refractivity contribution >= 4 is 0 Å². The monoisotopic (exact) mass is 221 g/mol. The Morgan fingerprint density at radius 1 is 1.12 bits per heavy atom. The van der Waals surface area contributed by atoms with Crippen molar-refractivity contribution in [1.29, 1.82) is 0 Å². The molecular weight excluding hydrogens is 202 g/mol. The fourth-order valence-corrected chi connectivity index (χ4v) is 1.88. The van der Waals surface area contributed by atoms with Crippen LogP contribution in [0.15, 0.2) is 18.2 Å². The fourth-order valence-electron chi connectivity index (χ4n) is 1.88. The van der Waals surface area contributed by atoms with Gasteiger partial charge in [0.05, 0.1) is 0 Å². The standard InChI is InChI=1S/C13H19NO2/c1-9(10(2)14-3)11-4-5-12-13(8-11)16-7-6-15-12/h4-5,8-10,14H,6-7H2,1-3H3. The van der Waals surface area contributed by atoms with Gasteiger partial charge in [-0.05, 0) is 37.6 Å². The predicted octanol–water partition coefficient (Wildman–Crippen LogP) is 2.17. The molecule has 0 saturated heterocycles. The normalized spacial score (nSPS) is 17.9. The van der Waals surface area contributed by atoms with Crippen LogP contribution in [-0.4, -0.2) is 26.3 Å². The van der Waals surface area contributed by atoms with Gasteiger partial charge in [0.1, 0.15) is 13.2 Å². The minimum atomic E-state index is 0.447. The zero-order chi connectivity index (χ0) is 11.5. The Labute approximate surface area is 96.8 Å². The molecule has 2 unspecified atom stereocenters. The molecule has 16 heavy (non-hydrogen) atoms. The first-order valence-corrected chi connectivity index (χ1v) is 5.79. The molecule has 1 aliphatic rings. The van der Waals surface area contributed by atoms with E-state index in [2.05, 4.69) is 31.3 Å². The number of hydrogen-bond acceptors (Lipinski definition) is 3. The maximum atomic E-state index is 5.58. The van der Waals surface area contributed by atoms with Gasteiger partial charge in [0, 0.05) is 6.04 Å². The third-order valence-electron chi connectivity index (χ3n) is 3.30. The molecule has 0 saturated carbocycles. The number of rotatable bonds is 3. The van der Waals surface area contributed by atoms with Gasteiger partial charge in [-0.15, -0.1) is 0 Å². The Bertz CT molecular complexity index is 365. The van der Waals surface area contributed by atoms with Gasteiger partial charge in [-0.25, -0.2) is 0 Å². The van der Waals surface area contributed by atoms with Crippen LogP contribution >= 0.6 is 0 Å². The van der Waals surface area contributed by atoms with Crippen LogP contribution in [0.5, 0.6) is 11.5 Å². The SMILES string of the molecule is CNC(C)C(C)c1ccc2c(c1)OCCO2. The summed E-state index contributed by atoms with van der Waals surface area (Å²) in [4.78, 5) is 0. The molecule has 0 spiro atoms. The third-order valence-corrected chi connectivity index (χ3v) is 3.30. The summed E-state index contributed by atoms with van der Waals surface area (Å²) in [6, 6.07) is 6.66. The van der Waals surface area contributed by atoms with Gasteiger partial charge >= 0.3 is 0 Å². The molecule has 88 valence electrons. The summed E-state index contributed by atoms with van der Waals surface area (Å²) in [5.41, 5.74) is 1.28. The molecule has 2 atom stereocenters. The Kier molecular flexibility index (Phi) is 3.34. The number of hydrogen-bond donors (Lipinski definition) is 1. The number of fused-ring (bicyclic) bond motifs is 1. The van der Waals surface area contributed by atoms with Crippen LogP contribution in [0.25, 0.3) is 0 Å². The number of nitrogens with one attached hydrogen (secondary N) is 1. The van der Waals surface area contributed by atoms with E-state index in [4.69, 9.17) is 9.47 Å². The van der Waals surface area contributed by atoms with Crippen molar-refractivity contribution < 1.29 is 9.47 Å². The zero-order valence-electron chi connectivity index (χ0n) is 10.1. The average molecular weight is 221 g/mol. The first-order valence-electron chi connectivity index (χ1n) is 5.79. The van der Waals surface area contributed by atoms with Gasteiger partial charge in [-0.1, -0.05) is 13.0 Å². The van der Waals surface area contributed by atoms with Gasteiger partial charge in [0.15, 0.2) is 11.5 Å². The molecule has 0 aliphatic carbocycles. The summed E-state index contributed by atoms with van der Waals surface area (Å²) in [5.74, 6) is 2.19. The Morgan fingerprint density at radius 2 is 1.81 bits per heavy atom. The van der Waals surface area contributed by atoms with E-state index in [0.29, 0.717) is 25.2 Å². The lowest BCUT2D eigenvalue weighted by molar-refractivity contribution is 0.171. The highest BCUT2D eigenvalue weighted by Gasteiger charge is 2.17. The Balaban J connectivity index is 2.22. The second kappa shape index (κ2) is 4.74. The van der Waals surface area contributed by atoms with E-state index in [9.17, 15) is 0 Å². The molecule has 1 aromatic carbocycles. The number of benzene rings is 1. The van der Waals surface area contributed by atoms with Gasteiger partial charge < -0.3 is 14.8 Å². The van der Waals surface area contributed by atoms with Crippen molar-refractivity contribution in [2.24, 2.45) is 0 Å². The maximum absolute atomic E-state index is 5.58. The largest absolute Gasteiger partial charge is 0.486 e. The van der Waals surface area contributed by atoms with E-state index in [1.54, 1.807) is 0 Å². The third kappa shape index (κ3) is 2.14. The first-order chi connectivity index (χ1) is 7.72. The van der Waals surface area contributed by atoms with Gasteiger partial charge in [0.25, 0.3) is 0 Å². The highest BCUT2D eigenvalue weighted by Crippen LogP contribution is 2.33. The van der Waals surface area contributed by atoms with Crippen LogP contribution in [-0.2, 0) is 0 Å². The van der Waals surface area contributed by atoms with E-state index in [1.165, 1.54) is 5.56 Å². The number of ether oxygens (including phenoxy) is 2.